The maximum absolute atomic E-state index is 13.1. The highest BCUT2D eigenvalue weighted by Crippen LogP contribution is 2.15. The summed E-state index contributed by atoms with van der Waals surface area (Å²) in [4.78, 5) is 108. The summed E-state index contributed by atoms with van der Waals surface area (Å²) in [6.07, 6.45) is 0.106. The van der Waals surface area contributed by atoms with Gasteiger partial charge in [0.25, 0.3) is 0 Å². The number of amides is 3. The first-order valence-electron chi connectivity index (χ1n) is 15.8. The van der Waals surface area contributed by atoms with Gasteiger partial charge in [0.15, 0.2) is 17.3 Å². The highest BCUT2D eigenvalue weighted by molar-refractivity contribution is 5.92. The van der Waals surface area contributed by atoms with E-state index in [1.54, 1.807) is 0 Å². The fourth-order valence-corrected chi connectivity index (χ4v) is 4.20. The lowest BCUT2D eigenvalue weighted by Crippen LogP contribution is -2.44. The molecule has 0 aliphatic heterocycles. The molecule has 0 aliphatic carbocycles. The molecule has 0 saturated heterocycles. The number of carbonyl (C=O) groups is 9. The summed E-state index contributed by atoms with van der Waals surface area (Å²) in [5, 5.41) is 16.6. The zero-order valence-corrected chi connectivity index (χ0v) is 28.1. The lowest BCUT2D eigenvalue weighted by molar-refractivity contribution is -0.141. The second-order valence-corrected chi connectivity index (χ2v) is 11.7. The number of carbonyl (C=O) groups excluding carboxylic acids is 8. The van der Waals surface area contributed by atoms with E-state index in [4.69, 9.17) is 14.6 Å². The number of rotatable bonds is 28. The van der Waals surface area contributed by atoms with E-state index in [0.717, 1.165) is 0 Å². The Morgan fingerprint density at radius 2 is 1.17 bits per heavy atom. The normalized spacial score (nSPS) is 13.4. The minimum Gasteiger partial charge on any atom is -0.481 e. The lowest BCUT2D eigenvalue weighted by Gasteiger charge is -2.21. The second kappa shape index (κ2) is 24.3. The summed E-state index contributed by atoms with van der Waals surface area (Å²) in [7, 11) is 0. The van der Waals surface area contributed by atoms with Gasteiger partial charge in [-0.3, -0.25) is 33.6 Å². The van der Waals surface area contributed by atoms with Gasteiger partial charge in [0.2, 0.25) is 17.7 Å². The zero-order chi connectivity index (χ0) is 35.9. The van der Waals surface area contributed by atoms with E-state index in [0.29, 0.717) is 0 Å². The summed E-state index contributed by atoms with van der Waals surface area (Å²) >= 11 is 0. The smallest absolute Gasteiger partial charge is 0.306 e. The highest BCUT2D eigenvalue weighted by atomic mass is 16.5. The number of Topliss-reactive ketones (excluding diaryl/α,β-unsaturated/α-hetero) is 5. The summed E-state index contributed by atoms with van der Waals surface area (Å²) in [6.45, 7) is 7.00. The Labute approximate surface area is 275 Å². The first kappa shape index (κ1) is 43.1. The van der Waals surface area contributed by atoms with Crippen molar-refractivity contribution in [2.45, 2.75) is 104 Å². The Kier molecular flexibility index (Phi) is 22.3. The molecule has 0 bridgehead atoms. The quantitative estimate of drug-likeness (QED) is 0.0851. The summed E-state index contributed by atoms with van der Waals surface area (Å²) in [6, 6.07) is -1.81. The van der Waals surface area contributed by atoms with Crippen LogP contribution in [0.5, 0.6) is 0 Å². The minimum atomic E-state index is -1.01. The van der Waals surface area contributed by atoms with E-state index in [2.05, 4.69) is 16.0 Å². The predicted molar refractivity (Wildman–Crippen MR) is 168 cm³/mol. The van der Waals surface area contributed by atoms with E-state index < -0.39 is 47.5 Å². The average Bonchev–Trinajstić information content (AvgIpc) is 2.98. The van der Waals surface area contributed by atoms with Gasteiger partial charge in [-0.1, -0.05) is 6.92 Å². The van der Waals surface area contributed by atoms with Crippen molar-refractivity contribution in [3.05, 3.63) is 0 Å². The van der Waals surface area contributed by atoms with Gasteiger partial charge in [0.05, 0.1) is 37.8 Å². The largest absolute Gasteiger partial charge is 0.481 e. The molecule has 0 spiro atoms. The van der Waals surface area contributed by atoms with Gasteiger partial charge in [0.1, 0.15) is 18.2 Å². The third kappa shape index (κ3) is 22.3. The van der Waals surface area contributed by atoms with Crippen LogP contribution in [0, 0.1) is 11.8 Å². The molecule has 4 atom stereocenters. The van der Waals surface area contributed by atoms with Gasteiger partial charge < -0.3 is 40.1 Å². The van der Waals surface area contributed by atoms with Gasteiger partial charge in [-0.2, -0.15) is 0 Å². The van der Waals surface area contributed by atoms with Gasteiger partial charge in [-0.25, -0.2) is 0 Å². The van der Waals surface area contributed by atoms with E-state index in [1.165, 1.54) is 34.6 Å². The fraction of sp³-hybridized carbons (Fsp3) is 0.719. The molecule has 4 N–H and O–H groups in total. The number of nitrogens with one attached hydrogen (secondary N) is 3. The molecule has 47 heavy (non-hydrogen) atoms. The Balaban J connectivity index is 4.95. The summed E-state index contributed by atoms with van der Waals surface area (Å²) < 4.78 is 10.7. The van der Waals surface area contributed by atoms with Crippen molar-refractivity contribution in [2.75, 3.05) is 33.0 Å². The molecule has 0 aromatic rings. The molecule has 3 amide bonds. The van der Waals surface area contributed by atoms with Crippen LogP contribution in [0.25, 0.3) is 0 Å². The van der Waals surface area contributed by atoms with Gasteiger partial charge in [-0.15, -0.1) is 0 Å². The number of hydrogen-bond donors (Lipinski definition) is 4. The molecule has 0 aromatic heterocycles. The van der Waals surface area contributed by atoms with Crippen molar-refractivity contribution < 1.29 is 57.7 Å². The first-order valence-corrected chi connectivity index (χ1v) is 15.8. The Hall–Kier alpha value is -3.85. The fourth-order valence-electron chi connectivity index (χ4n) is 4.20. The van der Waals surface area contributed by atoms with Crippen molar-refractivity contribution >= 4 is 52.6 Å². The Morgan fingerprint density at radius 3 is 1.70 bits per heavy atom. The van der Waals surface area contributed by atoms with E-state index in [9.17, 15) is 43.2 Å². The number of aliphatic carboxylic acids is 1. The third-order valence-corrected chi connectivity index (χ3v) is 7.20. The van der Waals surface area contributed by atoms with Crippen LogP contribution in [0.1, 0.15) is 92.4 Å². The van der Waals surface area contributed by atoms with Crippen LogP contribution in [0.15, 0.2) is 0 Å². The number of ketones is 5. The van der Waals surface area contributed by atoms with Crippen molar-refractivity contribution in [2.24, 2.45) is 11.8 Å². The maximum atomic E-state index is 13.1. The van der Waals surface area contributed by atoms with E-state index in [1.807, 2.05) is 0 Å². The van der Waals surface area contributed by atoms with Crippen molar-refractivity contribution in [3.63, 3.8) is 0 Å². The maximum Gasteiger partial charge on any atom is 0.306 e. The third-order valence-electron chi connectivity index (χ3n) is 7.20. The predicted octanol–water partition coefficient (Wildman–Crippen LogP) is 0.878. The van der Waals surface area contributed by atoms with E-state index in [-0.39, 0.29) is 120 Å². The molecule has 266 valence electrons. The molecule has 0 aliphatic rings. The number of carboxylic acids is 1. The molecule has 0 aromatic carbocycles. The van der Waals surface area contributed by atoms with Crippen molar-refractivity contribution in [1.82, 2.24) is 16.0 Å². The monoisotopic (exact) mass is 669 g/mol. The second-order valence-electron chi connectivity index (χ2n) is 11.7. The lowest BCUT2D eigenvalue weighted by atomic mass is 9.94. The molecular formula is C32H51N3O12. The number of ether oxygens (including phenoxy) is 2. The van der Waals surface area contributed by atoms with Crippen LogP contribution in [0.2, 0.25) is 0 Å². The number of hydrogen-bond acceptors (Lipinski definition) is 11. The van der Waals surface area contributed by atoms with Crippen molar-refractivity contribution in [1.29, 1.82) is 0 Å². The molecule has 15 heteroatoms. The van der Waals surface area contributed by atoms with Crippen LogP contribution < -0.4 is 16.0 Å². The van der Waals surface area contributed by atoms with Gasteiger partial charge in [0, 0.05) is 44.6 Å². The van der Waals surface area contributed by atoms with Crippen LogP contribution >= 0.6 is 0 Å². The van der Waals surface area contributed by atoms with E-state index >= 15 is 0 Å². The Morgan fingerprint density at radius 1 is 0.638 bits per heavy atom. The molecule has 0 radical (unpaired) electrons. The molecule has 4 unspecified atom stereocenters. The van der Waals surface area contributed by atoms with Gasteiger partial charge >= 0.3 is 5.97 Å². The Bertz CT molecular complexity index is 1110. The molecule has 0 saturated carbocycles. The van der Waals surface area contributed by atoms with Gasteiger partial charge in [-0.05, 0) is 53.4 Å². The highest BCUT2D eigenvalue weighted by Gasteiger charge is 2.27. The molecule has 0 heterocycles. The molecule has 15 nitrogen and oxygen atoms in total. The first-order chi connectivity index (χ1) is 22.0. The molecule has 0 rings (SSSR count). The van der Waals surface area contributed by atoms with Crippen LogP contribution in [-0.2, 0) is 52.6 Å². The topological polar surface area (TPSA) is 228 Å². The molecule has 0 fully saturated rings. The minimum absolute atomic E-state index is 0.0409. The van der Waals surface area contributed by atoms with Crippen LogP contribution in [0.4, 0.5) is 0 Å². The van der Waals surface area contributed by atoms with Crippen molar-refractivity contribution in [3.8, 4) is 0 Å². The zero-order valence-electron chi connectivity index (χ0n) is 28.1. The summed E-state index contributed by atoms with van der Waals surface area (Å²) in [5.41, 5.74) is 0. The SMILES string of the molecule is CC(=O)CCC(NC(=O)CCC(CC(=O)COCCOCCNC(=O)CCC(C)C(=O)O)C(=O)NC(CCC(C)=O)C(C)=O)C(C)=O. The van der Waals surface area contributed by atoms with Crippen LogP contribution in [-0.4, -0.2) is 103 Å². The number of carboxylic acid groups (broad SMARTS) is 1. The molecular weight excluding hydrogens is 618 g/mol. The standard InChI is InChI=1S/C32H51N3O12/c1-20(32(44)45)6-12-29(41)33-14-15-46-16-17-47-19-26(40)18-25(31(43)35-28(24(5)39)11-8-22(3)37)9-13-30(42)34-27(23(4)38)10-7-21(2)36/h20,25,27-28H,6-19H2,1-5H3,(H,33,41)(H,34,42)(H,35,43)(H,44,45). The van der Waals surface area contributed by atoms with Crippen LogP contribution in [0.3, 0.4) is 0 Å². The summed E-state index contributed by atoms with van der Waals surface area (Å²) in [5.74, 6) is -5.51. The average molecular weight is 670 g/mol.